The molecule has 0 atom stereocenters. The zero-order valence-corrected chi connectivity index (χ0v) is 13.4. The lowest BCUT2D eigenvalue weighted by Crippen LogP contribution is -2.13. The average Bonchev–Trinajstić information content (AvgIpc) is 2.54. The highest BCUT2D eigenvalue weighted by Crippen LogP contribution is 2.37. The summed E-state index contributed by atoms with van der Waals surface area (Å²) in [4.78, 5) is 0. The summed E-state index contributed by atoms with van der Waals surface area (Å²) in [6, 6.07) is 9.34. The number of allylic oxidation sites excluding steroid dienone is 1. The zero-order valence-electron chi connectivity index (χ0n) is 13.4. The van der Waals surface area contributed by atoms with E-state index in [9.17, 15) is 4.39 Å². The van der Waals surface area contributed by atoms with Gasteiger partial charge in [-0.05, 0) is 74.3 Å². The number of rotatable bonds is 7. The minimum atomic E-state index is 0.686. The number of aryl methyl sites for hydroxylation is 1. The summed E-state index contributed by atoms with van der Waals surface area (Å²) in [7, 11) is 0. The van der Waals surface area contributed by atoms with E-state index >= 15 is 0 Å². The second-order valence-corrected chi connectivity index (χ2v) is 6.50. The quantitative estimate of drug-likeness (QED) is 0.532. The molecule has 0 nitrogen and oxygen atoms in total. The summed E-state index contributed by atoms with van der Waals surface area (Å²) in [5.41, 5.74) is 3.00. The van der Waals surface area contributed by atoms with Gasteiger partial charge < -0.3 is 0 Å². The molecule has 0 N–H and O–H groups in total. The SMILES string of the molecule is CCCCc1ccc([C@H]2CC[C@H](CC/C=C/F)CC2)cc1. The van der Waals surface area contributed by atoms with Crippen LogP contribution in [0, 0.1) is 5.92 Å². The summed E-state index contributed by atoms with van der Waals surface area (Å²) in [6.07, 6.45) is 13.4. The van der Waals surface area contributed by atoms with Crippen molar-refractivity contribution in [2.24, 2.45) is 5.92 Å². The average molecular weight is 288 g/mol. The van der Waals surface area contributed by atoms with Gasteiger partial charge in [-0.3, -0.25) is 0 Å². The Labute approximate surface area is 129 Å². The first-order chi connectivity index (χ1) is 10.3. The van der Waals surface area contributed by atoms with Gasteiger partial charge in [0, 0.05) is 0 Å². The first-order valence-electron chi connectivity index (χ1n) is 8.67. The third kappa shape index (κ3) is 5.30. The summed E-state index contributed by atoms with van der Waals surface area (Å²) in [6.45, 7) is 2.25. The van der Waals surface area contributed by atoms with E-state index in [1.807, 2.05) is 0 Å². The molecule has 0 amide bonds. The van der Waals surface area contributed by atoms with Crippen LogP contribution >= 0.6 is 0 Å². The van der Waals surface area contributed by atoms with Crippen LogP contribution in [0.5, 0.6) is 0 Å². The monoisotopic (exact) mass is 288 g/mol. The summed E-state index contributed by atoms with van der Waals surface area (Å²) in [5, 5.41) is 0. The maximum atomic E-state index is 12.0. The van der Waals surface area contributed by atoms with Crippen molar-refractivity contribution in [2.45, 2.75) is 70.6 Å². The topological polar surface area (TPSA) is 0 Å². The van der Waals surface area contributed by atoms with Gasteiger partial charge in [-0.15, -0.1) is 0 Å². The minimum Gasteiger partial charge on any atom is -0.216 e. The molecule has 1 aliphatic carbocycles. The number of hydrogen-bond acceptors (Lipinski definition) is 0. The van der Waals surface area contributed by atoms with E-state index in [4.69, 9.17) is 0 Å². The van der Waals surface area contributed by atoms with Crippen LogP contribution in [0.1, 0.15) is 75.3 Å². The van der Waals surface area contributed by atoms with E-state index in [1.165, 1.54) is 56.1 Å². The number of hydrogen-bond donors (Lipinski definition) is 0. The molecule has 0 unspecified atom stereocenters. The molecule has 2 rings (SSSR count). The first-order valence-corrected chi connectivity index (χ1v) is 8.67. The van der Waals surface area contributed by atoms with Crippen molar-refractivity contribution < 1.29 is 4.39 Å². The highest BCUT2D eigenvalue weighted by molar-refractivity contribution is 5.25. The van der Waals surface area contributed by atoms with Gasteiger partial charge in [0.2, 0.25) is 0 Å². The fraction of sp³-hybridized carbons (Fsp3) is 0.600. The Hall–Kier alpha value is -1.11. The van der Waals surface area contributed by atoms with Crippen LogP contribution in [-0.4, -0.2) is 0 Å². The van der Waals surface area contributed by atoms with Gasteiger partial charge in [-0.2, -0.15) is 0 Å². The predicted molar refractivity (Wildman–Crippen MR) is 89.2 cm³/mol. The molecule has 21 heavy (non-hydrogen) atoms. The summed E-state index contributed by atoms with van der Waals surface area (Å²) >= 11 is 0. The van der Waals surface area contributed by atoms with Gasteiger partial charge in [0.25, 0.3) is 0 Å². The molecule has 0 bridgehead atoms. The molecule has 1 aromatic carbocycles. The van der Waals surface area contributed by atoms with Gasteiger partial charge in [0.15, 0.2) is 0 Å². The van der Waals surface area contributed by atoms with Crippen molar-refractivity contribution in [1.29, 1.82) is 0 Å². The van der Waals surface area contributed by atoms with Crippen LogP contribution in [0.25, 0.3) is 0 Å². The second-order valence-electron chi connectivity index (χ2n) is 6.50. The number of halogens is 1. The zero-order chi connectivity index (χ0) is 14.9. The highest BCUT2D eigenvalue weighted by atomic mass is 19.1. The van der Waals surface area contributed by atoms with Crippen LogP contribution in [0.3, 0.4) is 0 Å². The Morgan fingerprint density at radius 2 is 1.81 bits per heavy atom. The van der Waals surface area contributed by atoms with Gasteiger partial charge in [0.05, 0.1) is 6.33 Å². The molecule has 1 aromatic rings. The van der Waals surface area contributed by atoms with Crippen molar-refractivity contribution in [2.75, 3.05) is 0 Å². The maximum absolute atomic E-state index is 12.0. The van der Waals surface area contributed by atoms with E-state index in [0.717, 1.165) is 24.7 Å². The van der Waals surface area contributed by atoms with Gasteiger partial charge in [-0.1, -0.05) is 43.7 Å². The number of unbranched alkanes of at least 4 members (excludes halogenated alkanes) is 1. The Morgan fingerprint density at radius 3 is 2.43 bits per heavy atom. The van der Waals surface area contributed by atoms with Crippen molar-refractivity contribution >= 4 is 0 Å². The molecule has 0 radical (unpaired) electrons. The summed E-state index contributed by atoms with van der Waals surface area (Å²) < 4.78 is 12.0. The van der Waals surface area contributed by atoms with Crippen molar-refractivity contribution in [3.8, 4) is 0 Å². The lowest BCUT2D eigenvalue weighted by Gasteiger charge is -2.28. The molecule has 0 spiro atoms. The van der Waals surface area contributed by atoms with E-state index in [-0.39, 0.29) is 0 Å². The lowest BCUT2D eigenvalue weighted by atomic mass is 9.77. The minimum absolute atomic E-state index is 0.686. The molecule has 0 heterocycles. The van der Waals surface area contributed by atoms with Gasteiger partial charge in [-0.25, -0.2) is 4.39 Å². The first kappa shape index (κ1) is 16.3. The summed E-state index contributed by atoms with van der Waals surface area (Å²) in [5.74, 6) is 1.56. The fourth-order valence-electron chi connectivity index (χ4n) is 3.52. The number of benzene rings is 1. The molecule has 1 aliphatic rings. The van der Waals surface area contributed by atoms with E-state index < -0.39 is 0 Å². The fourth-order valence-corrected chi connectivity index (χ4v) is 3.52. The van der Waals surface area contributed by atoms with Crippen LogP contribution in [0.2, 0.25) is 0 Å². The smallest absolute Gasteiger partial charge is 0.0827 e. The molecule has 0 saturated heterocycles. The second kappa shape index (κ2) is 9.02. The Bertz CT molecular complexity index is 410. The largest absolute Gasteiger partial charge is 0.216 e. The molecule has 0 aliphatic heterocycles. The normalized spacial score (nSPS) is 22.8. The standard InChI is InChI=1S/C20H29F/c1-2-3-6-17-8-12-19(13-9-17)20-14-10-18(11-15-20)7-4-5-16-21/h5,8-9,12-13,16,18,20H,2-4,6-7,10-11,14-15H2,1H3/b16-5+/t18-,20-. The van der Waals surface area contributed by atoms with Crippen molar-refractivity contribution in [1.82, 2.24) is 0 Å². The molecule has 1 fully saturated rings. The molecular weight excluding hydrogens is 259 g/mol. The van der Waals surface area contributed by atoms with E-state index in [1.54, 1.807) is 6.08 Å². The predicted octanol–water partition coefficient (Wildman–Crippen LogP) is 6.57. The molecule has 1 heteroatoms. The molecule has 116 valence electrons. The van der Waals surface area contributed by atoms with Crippen molar-refractivity contribution in [3.63, 3.8) is 0 Å². The van der Waals surface area contributed by atoms with Crippen LogP contribution in [-0.2, 0) is 6.42 Å². The van der Waals surface area contributed by atoms with E-state index in [2.05, 4.69) is 31.2 Å². The lowest BCUT2D eigenvalue weighted by molar-refractivity contribution is 0.311. The van der Waals surface area contributed by atoms with Crippen LogP contribution in [0.4, 0.5) is 4.39 Å². The Kier molecular flexibility index (Phi) is 6.99. The van der Waals surface area contributed by atoms with Crippen molar-refractivity contribution in [3.05, 3.63) is 47.8 Å². The van der Waals surface area contributed by atoms with Gasteiger partial charge in [0.1, 0.15) is 0 Å². The van der Waals surface area contributed by atoms with Gasteiger partial charge >= 0.3 is 0 Å². The third-order valence-corrected chi connectivity index (χ3v) is 4.95. The molecular formula is C20H29F. The Balaban J connectivity index is 1.79. The van der Waals surface area contributed by atoms with Crippen LogP contribution in [0.15, 0.2) is 36.7 Å². The molecule has 0 aromatic heterocycles. The van der Waals surface area contributed by atoms with Crippen LogP contribution < -0.4 is 0 Å². The molecule has 1 saturated carbocycles. The highest BCUT2D eigenvalue weighted by Gasteiger charge is 2.21. The van der Waals surface area contributed by atoms with E-state index in [0.29, 0.717) is 6.33 Å². The Morgan fingerprint density at radius 1 is 1.10 bits per heavy atom. The maximum Gasteiger partial charge on any atom is 0.0827 e. The third-order valence-electron chi connectivity index (χ3n) is 4.95.